The van der Waals surface area contributed by atoms with Crippen LogP contribution < -0.4 is 5.32 Å². The number of unbranched alkanes of at least 4 members (excludes halogenated alkanes) is 3. The number of hydrogen-bond donors (Lipinski definition) is 1. The number of rotatable bonds is 12. The third-order valence-electron chi connectivity index (χ3n) is 6.22. The zero-order chi connectivity index (χ0) is 27.8. The molecule has 0 aliphatic carbocycles. The average Bonchev–Trinajstić information content (AvgIpc) is 3.23. The van der Waals surface area contributed by atoms with Gasteiger partial charge in [-0.2, -0.15) is 0 Å². The fraction of sp³-hybridized carbons (Fsp3) is 0.310. The topological polar surface area (TPSA) is 129 Å². The van der Waals surface area contributed by atoms with E-state index in [1.54, 1.807) is 16.7 Å². The normalized spacial score (nSPS) is 11.3. The number of ether oxygens (including phenoxy) is 1. The van der Waals surface area contributed by atoms with E-state index in [9.17, 15) is 19.7 Å². The number of amides is 1. The summed E-state index contributed by atoms with van der Waals surface area (Å²) in [6, 6.07) is 13.4. The molecule has 0 spiro atoms. The highest BCUT2D eigenvalue weighted by molar-refractivity contribution is 6.13. The van der Waals surface area contributed by atoms with Crippen molar-refractivity contribution < 1.29 is 19.2 Å². The molecular formula is C29H31N5O5. The van der Waals surface area contributed by atoms with Crippen LogP contribution in [0, 0.1) is 10.1 Å². The van der Waals surface area contributed by atoms with Gasteiger partial charge < -0.3 is 14.6 Å². The number of para-hydroxylation sites is 2. The van der Waals surface area contributed by atoms with Crippen LogP contribution in [-0.2, 0) is 16.1 Å². The number of carbonyl (C=O) groups is 2. The van der Waals surface area contributed by atoms with Gasteiger partial charge in [-0.3, -0.25) is 14.9 Å². The van der Waals surface area contributed by atoms with Crippen molar-refractivity contribution in [2.45, 2.75) is 52.5 Å². The Balaban J connectivity index is 1.76. The summed E-state index contributed by atoms with van der Waals surface area (Å²) in [6.07, 6.45) is 7.08. The van der Waals surface area contributed by atoms with Crippen LogP contribution >= 0.6 is 0 Å². The highest BCUT2D eigenvalue weighted by Crippen LogP contribution is 2.31. The lowest BCUT2D eigenvalue weighted by atomic mass is 10.2. The third kappa shape index (κ3) is 6.46. The molecule has 0 unspecified atom stereocenters. The number of nitrogens with zero attached hydrogens (tertiary/aromatic N) is 4. The van der Waals surface area contributed by atoms with E-state index < -0.39 is 16.8 Å². The molecule has 1 amide bonds. The van der Waals surface area contributed by atoms with Gasteiger partial charge in [0.05, 0.1) is 22.6 Å². The van der Waals surface area contributed by atoms with Gasteiger partial charge in [0.2, 0.25) is 5.91 Å². The first-order chi connectivity index (χ1) is 18.9. The quantitative estimate of drug-likeness (QED) is 0.0750. The zero-order valence-corrected chi connectivity index (χ0v) is 22.1. The Morgan fingerprint density at radius 2 is 1.77 bits per heavy atom. The van der Waals surface area contributed by atoms with E-state index in [0.717, 1.165) is 32.1 Å². The number of aromatic nitrogens is 3. The third-order valence-corrected chi connectivity index (χ3v) is 6.22. The van der Waals surface area contributed by atoms with Gasteiger partial charge in [0.15, 0.2) is 5.65 Å². The van der Waals surface area contributed by atoms with Gasteiger partial charge in [0.1, 0.15) is 16.9 Å². The number of nitrogens with one attached hydrogen (secondary N) is 1. The molecule has 2 heterocycles. The van der Waals surface area contributed by atoms with Gasteiger partial charge >= 0.3 is 5.97 Å². The Kier molecular flexibility index (Phi) is 8.98. The molecule has 4 rings (SSSR count). The van der Waals surface area contributed by atoms with Crippen LogP contribution in [0.5, 0.6) is 0 Å². The summed E-state index contributed by atoms with van der Waals surface area (Å²) in [6.45, 7) is 4.89. The highest BCUT2D eigenvalue weighted by Gasteiger charge is 2.27. The number of fused-ring (bicyclic) bond motifs is 2. The minimum Gasteiger partial charge on any atom is -0.462 e. The zero-order valence-electron chi connectivity index (χ0n) is 22.1. The fourth-order valence-corrected chi connectivity index (χ4v) is 4.22. The van der Waals surface area contributed by atoms with E-state index in [0.29, 0.717) is 34.3 Å². The summed E-state index contributed by atoms with van der Waals surface area (Å²) in [5.41, 5.74) is 2.73. The standard InChI is InChI=1S/C29H31N5O5/c1-3-5-9-18-39-29(36)25-26-28(31-23-14-8-7-13-22(23)30-26)33(17-6-4-2)27(25)32-24(35)16-15-20-11-10-12-21(19-20)34(37)38/h7-8,10-16,19H,3-6,9,17-18H2,1-2H3,(H,32,35)/b16-15+. The second-order valence-corrected chi connectivity index (χ2v) is 9.13. The number of benzene rings is 2. The molecule has 202 valence electrons. The SMILES string of the molecule is CCCCCOC(=O)c1c(NC(=O)/C=C/c2cccc([N+](=O)[O-])c2)n(CCCC)c2nc3ccccc3nc12. The maximum Gasteiger partial charge on any atom is 0.344 e. The molecule has 0 fully saturated rings. The number of nitro groups is 1. The van der Waals surface area contributed by atoms with Crippen molar-refractivity contribution in [3.8, 4) is 0 Å². The molecule has 0 bridgehead atoms. The number of carbonyl (C=O) groups excluding carboxylic acids is 2. The lowest BCUT2D eigenvalue weighted by Gasteiger charge is -2.11. The maximum atomic E-state index is 13.4. The monoisotopic (exact) mass is 529 g/mol. The Bertz CT molecular complexity index is 1540. The molecule has 10 nitrogen and oxygen atoms in total. The van der Waals surface area contributed by atoms with Crippen LogP contribution in [0.3, 0.4) is 0 Å². The highest BCUT2D eigenvalue weighted by atomic mass is 16.6. The Labute approximate surface area is 225 Å². The molecule has 39 heavy (non-hydrogen) atoms. The Morgan fingerprint density at radius 1 is 1.03 bits per heavy atom. The first-order valence-electron chi connectivity index (χ1n) is 13.1. The van der Waals surface area contributed by atoms with Crippen LogP contribution in [0.15, 0.2) is 54.6 Å². The lowest BCUT2D eigenvalue weighted by Crippen LogP contribution is -2.17. The van der Waals surface area contributed by atoms with Crippen molar-refractivity contribution >= 4 is 51.7 Å². The molecule has 0 saturated heterocycles. The molecule has 0 atom stereocenters. The molecule has 0 aliphatic heterocycles. The summed E-state index contributed by atoms with van der Waals surface area (Å²) in [4.78, 5) is 46.6. The first kappa shape index (κ1) is 27.4. The summed E-state index contributed by atoms with van der Waals surface area (Å²) >= 11 is 0. The van der Waals surface area contributed by atoms with Crippen LogP contribution in [0.4, 0.5) is 11.5 Å². The van der Waals surface area contributed by atoms with E-state index in [1.165, 1.54) is 24.3 Å². The van der Waals surface area contributed by atoms with Gasteiger partial charge in [0, 0.05) is 24.8 Å². The predicted octanol–water partition coefficient (Wildman–Crippen LogP) is 6.29. The van der Waals surface area contributed by atoms with Crippen LogP contribution in [0.1, 0.15) is 61.9 Å². The van der Waals surface area contributed by atoms with Crippen molar-refractivity contribution in [1.82, 2.24) is 14.5 Å². The average molecular weight is 530 g/mol. The van der Waals surface area contributed by atoms with E-state index in [-0.39, 0.29) is 23.7 Å². The maximum absolute atomic E-state index is 13.4. The van der Waals surface area contributed by atoms with E-state index in [4.69, 9.17) is 14.7 Å². The van der Waals surface area contributed by atoms with Crippen LogP contribution in [-0.4, -0.2) is 37.9 Å². The molecule has 1 N–H and O–H groups in total. The minimum absolute atomic E-state index is 0.0745. The van der Waals surface area contributed by atoms with Gasteiger partial charge in [0.25, 0.3) is 5.69 Å². The van der Waals surface area contributed by atoms with E-state index in [1.807, 2.05) is 24.3 Å². The molecule has 10 heteroatoms. The lowest BCUT2D eigenvalue weighted by molar-refractivity contribution is -0.384. The van der Waals surface area contributed by atoms with Crippen molar-refractivity contribution in [2.75, 3.05) is 11.9 Å². The second-order valence-electron chi connectivity index (χ2n) is 9.13. The number of esters is 1. The second kappa shape index (κ2) is 12.8. The van der Waals surface area contributed by atoms with Crippen molar-refractivity contribution in [3.63, 3.8) is 0 Å². The minimum atomic E-state index is -0.575. The van der Waals surface area contributed by atoms with Gasteiger partial charge in [-0.15, -0.1) is 0 Å². The molecule has 0 saturated carbocycles. The van der Waals surface area contributed by atoms with Gasteiger partial charge in [-0.05, 0) is 36.6 Å². The van der Waals surface area contributed by atoms with Gasteiger partial charge in [-0.25, -0.2) is 14.8 Å². The van der Waals surface area contributed by atoms with Crippen molar-refractivity contribution in [1.29, 1.82) is 0 Å². The summed E-state index contributed by atoms with van der Waals surface area (Å²) in [5.74, 6) is -0.816. The number of hydrogen-bond acceptors (Lipinski definition) is 7. The Hall–Kier alpha value is -4.60. The number of nitro benzene ring substituents is 1. The first-order valence-corrected chi connectivity index (χ1v) is 13.1. The summed E-state index contributed by atoms with van der Waals surface area (Å²) in [5, 5.41) is 13.9. The predicted molar refractivity (Wildman–Crippen MR) is 151 cm³/mol. The molecule has 2 aromatic heterocycles. The largest absolute Gasteiger partial charge is 0.462 e. The van der Waals surface area contributed by atoms with E-state index >= 15 is 0 Å². The number of aryl methyl sites for hydroxylation is 1. The van der Waals surface area contributed by atoms with E-state index in [2.05, 4.69) is 19.2 Å². The molecule has 2 aromatic carbocycles. The smallest absolute Gasteiger partial charge is 0.344 e. The Morgan fingerprint density at radius 3 is 2.49 bits per heavy atom. The number of anilines is 1. The molecule has 0 radical (unpaired) electrons. The summed E-state index contributed by atoms with van der Waals surface area (Å²) in [7, 11) is 0. The summed E-state index contributed by atoms with van der Waals surface area (Å²) < 4.78 is 7.41. The van der Waals surface area contributed by atoms with Gasteiger partial charge in [-0.1, -0.05) is 57.4 Å². The van der Waals surface area contributed by atoms with Crippen LogP contribution in [0.25, 0.3) is 28.3 Å². The van der Waals surface area contributed by atoms with Crippen LogP contribution in [0.2, 0.25) is 0 Å². The van der Waals surface area contributed by atoms with Crippen molar-refractivity contribution in [3.05, 3.63) is 75.8 Å². The van der Waals surface area contributed by atoms with Crippen molar-refractivity contribution in [2.24, 2.45) is 0 Å². The molecule has 4 aromatic rings. The molecule has 0 aliphatic rings. The fourth-order valence-electron chi connectivity index (χ4n) is 4.22. The molecular weight excluding hydrogens is 498 g/mol. The number of non-ortho nitro benzene ring substituents is 1.